The van der Waals surface area contributed by atoms with Crippen molar-refractivity contribution in [2.45, 2.75) is 46.5 Å². The molecule has 0 bridgehead atoms. The molecule has 0 N–H and O–H groups in total. The summed E-state index contributed by atoms with van der Waals surface area (Å²) in [5.41, 5.74) is 3.77. The highest BCUT2D eigenvalue weighted by Crippen LogP contribution is 2.29. The lowest BCUT2D eigenvalue weighted by Gasteiger charge is -2.18. The van der Waals surface area contributed by atoms with Gasteiger partial charge < -0.3 is 0 Å². The molecular weight excluding hydrogens is 160 g/mol. The number of carbonyl (C=O) groups is 1. The number of allylic oxidation sites excluding steroid dienone is 4. The summed E-state index contributed by atoms with van der Waals surface area (Å²) in [6.45, 7) is 6.36. The first-order valence-electron chi connectivity index (χ1n) is 5.19. The van der Waals surface area contributed by atoms with E-state index in [1.807, 2.05) is 0 Å². The van der Waals surface area contributed by atoms with Crippen molar-refractivity contribution < 1.29 is 4.79 Å². The van der Waals surface area contributed by atoms with Crippen LogP contribution in [-0.4, -0.2) is 5.78 Å². The number of hydrogen-bond donors (Lipinski definition) is 0. The first-order chi connectivity index (χ1) is 6.24. The van der Waals surface area contributed by atoms with Crippen molar-refractivity contribution in [3.8, 4) is 0 Å². The zero-order valence-corrected chi connectivity index (χ0v) is 8.81. The third-order valence-electron chi connectivity index (χ3n) is 2.71. The molecule has 0 aromatic carbocycles. The van der Waals surface area contributed by atoms with E-state index < -0.39 is 0 Å². The van der Waals surface area contributed by atoms with Gasteiger partial charge in [-0.1, -0.05) is 26.8 Å². The highest BCUT2D eigenvalue weighted by Gasteiger charge is 2.18. The van der Waals surface area contributed by atoms with Gasteiger partial charge in [0.1, 0.15) is 0 Å². The molecule has 1 nitrogen and oxygen atoms in total. The Hall–Kier alpha value is -0.850. The van der Waals surface area contributed by atoms with Crippen molar-refractivity contribution >= 4 is 5.78 Å². The molecule has 0 fully saturated rings. The SMILES string of the molecule is CCC1=CCC(=O)C(CC)=C1CC. The van der Waals surface area contributed by atoms with Gasteiger partial charge in [0.15, 0.2) is 5.78 Å². The minimum Gasteiger partial charge on any atom is -0.294 e. The van der Waals surface area contributed by atoms with Crippen LogP contribution < -0.4 is 0 Å². The normalized spacial score (nSPS) is 17.8. The van der Waals surface area contributed by atoms with Gasteiger partial charge in [-0.3, -0.25) is 4.79 Å². The van der Waals surface area contributed by atoms with Gasteiger partial charge in [-0.25, -0.2) is 0 Å². The van der Waals surface area contributed by atoms with E-state index in [1.165, 1.54) is 11.1 Å². The second-order valence-corrected chi connectivity index (χ2v) is 3.37. The van der Waals surface area contributed by atoms with Gasteiger partial charge in [0.05, 0.1) is 0 Å². The van der Waals surface area contributed by atoms with Crippen LogP contribution in [-0.2, 0) is 4.79 Å². The molecule has 0 atom stereocenters. The molecule has 0 saturated carbocycles. The predicted octanol–water partition coefficient (Wildman–Crippen LogP) is 3.41. The van der Waals surface area contributed by atoms with Gasteiger partial charge in [-0.2, -0.15) is 0 Å². The maximum absolute atomic E-state index is 11.6. The average Bonchev–Trinajstić information content (AvgIpc) is 2.17. The van der Waals surface area contributed by atoms with Gasteiger partial charge in [0.25, 0.3) is 0 Å². The van der Waals surface area contributed by atoms with Gasteiger partial charge >= 0.3 is 0 Å². The quantitative estimate of drug-likeness (QED) is 0.647. The van der Waals surface area contributed by atoms with Crippen LogP contribution in [0, 0.1) is 0 Å². The number of hydrogen-bond acceptors (Lipinski definition) is 1. The second-order valence-electron chi connectivity index (χ2n) is 3.37. The molecule has 0 aromatic rings. The molecule has 0 amide bonds. The standard InChI is InChI=1S/C12H18O/c1-4-9-7-8-12(13)11(6-3)10(9)5-2/h7H,4-6,8H2,1-3H3. The monoisotopic (exact) mass is 178 g/mol. The summed E-state index contributed by atoms with van der Waals surface area (Å²) in [5, 5.41) is 0. The molecule has 72 valence electrons. The van der Waals surface area contributed by atoms with Crippen molar-refractivity contribution in [1.82, 2.24) is 0 Å². The summed E-state index contributed by atoms with van der Waals surface area (Å²) in [6, 6.07) is 0. The summed E-state index contributed by atoms with van der Waals surface area (Å²) < 4.78 is 0. The Bertz CT molecular complexity index is 269. The second kappa shape index (κ2) is 4.40. The number of carbonyl (C=O) groups excluding carboxylic acids is 1. The molecule has 0 unspecified atom stereocenters. The molecule has 13 heavy (non-hydrogen) atoms. The average molecular weight is 178 g/mol. The van der Waals surface area contributed by atoms with E-state index in [-0.39, 0.29) is 0 Å². The molecule has 1 aliphatic carbocycles. The van der Waals surface area contributed by atoms with Crippen molar-refractivity contribution in [1.29, 1.82) is 0 Å². The molecule has 1 heteroatoms. The fourth-order valence-electron chi connectivity index (χ4n) is 2.03. The maximum Gasteiger partial charge on any atom is 0.162 e. The third-order valence-corrected chi connectivity index (χ3v) is 2.71. The van der Waals surface area contributed by atoms with Crippen molar-refractivity contribution in [3.63, 3.8) is 0 Å². The molecule has 0 aliphatic heterocycles. The number of Topliss-reactive ketones (excluding diaryl/α,β-unsaturated/α-hetero) is 1. The summed E-state index contributed by atoms with van der Waals surface area (Å²) in [6.07, 6.45) is 5.66. The smallest absolute Gasteiger partial charge is 0.162 e. The zero-order chi connectivity index (χ0) is 9.84. The zero-order valence-electron chi connectivity index (χ0n) is 8.81. The fraction of sp³-hybridized carbons (Fsp3) is 0.583. The summed E-state index contributed by atoms with van der Waals surface area (Å²) in [7, 11) is 0. The predicted molar refractivity (Wildman–Crippen MR) is 55.6 cm³/mol. The minimum atomic E-state index is 0.330. The Morgan fingerprint density at radius 1 is 1.08 bits per heavy atom. The van der Waals surface area contributed by atoms with Crippen LogP contribution in [0.3, 0.4) is 0 Å². The summed E-state index contributed by atoms with van der Waals surface area (Å²) in [5.74, 6) is 0.330. The summed E-state index contributed by atoms with van der Waals surface area (Å²) >= 11 is 0. The van der Waals surface area contributed by atoms with Gasteiger partial charge in [-0.05, 0) is 36.0 Å². The Labute approximate surface area is 80.5 Å². The van der Waals surface area contributed by atoms with E-state index in [0.717, 1.165) is 24.8 Å². The molecule has 0 heterocycles. The van der Waals surface area contributed by atoms with E-state index in [9.17, 15) is 4.79 Å². The van der Waals surface area contributed by atoms with E-state index in [1.54, 1.807) is 0 Å². The Kier molecular flexibility index (Phi) is 3.47. The molecule has 0 radical (unpaired) electrons. The molecule has 0 saturated heterocycles. The minimum absolute atomic E-state index is 0.330. The topological polar surface area (TPSA) is 17.1 Å². The van der Waals surface area contributed by atoms with Crippen LogP contribution in [0.4, 0.5) is 0 Å². The van der Waals surface area contributed by atoms with E-state index in [4.69, 9.17) is 0 Å². The van der Waals surface area contributed by atoms with Gasteiger partial charge in [0, 0.05) is 6.42 Å². The van der Waals surface area contributed by atoms with E-state index >= 15 is 0 Å². The van der Waals surface area contributed by atoms with Gasteiger partial charge in [-0.15, -0.1) is 0 Å². The molecule has 0 aromatic heterocycles. The Balaban J connectivity index is 3.07. The first-order valence-corrected chi connectivity index (χ1v) is 5.19. The van der Waals surface area contributed by atoms with Crippen LogP contribution in [0.15, 0.2) is 22.8 Å². The lowest BCUT2D eigenvalue weighted by Crippen LogP contribution is -2.10. The lowest BCUT2D eigenvalue weighted by molar-refractivity contribution is -0.115. The maximum atomic E-state index is 11.6. The lowest BCUT2D eigenvalue weighted by atomic mass is 9.86. The van der Waals surface area contributed by atoms with Crippen molar-refractivity contribution in [2.24, 2.45) is 0 Å². The first kappa shape index (κ1) is 10.2. The Morgan fingerprint density at radius 3 is 2.15 bits per heavy atom. The third kappa shape index (κ3) is 1.90. The fourth-order valence-corrected chi connectivity index (χ4v) is 2.03. The van der Waals surface area contributed by atoms with Crippen LogP contribution >= 0.6 is 0 Å². The number of ketones is 1. The van der Waals surface area contributed by atoms with Gasteiger partial charge in [0.2, 0.25) is 0 Å². The molecule has 1 aliphatic rings. The van der Waals surface area contributed by atoms with Crippen LogP contribution in [0.5, 0.6) is 0 Å². The van der Waals surface area contributed by atoms with Crippen LogP contribution in [0.25, 0.3) is 0 Å². The number of rotatable bonds is 3. The van der Waals surface area contributed by atoms with Crippen molar-refractivity contribution in [3.05, 3.63) is 22.8 Å². The van der Waals surface area contributed by atoms with Crippen molar-refractivity contribution in [2.75, 3.05) is 0 Å². The van der Waals surface area contributed by atoms with Crippen LogP contribution in [0.1, 0.15) is 46.5 Å². The molecular formula is C12H18O. The molecule has 1 rings (SSSR count). The van der Waals surface area contributed by atoms with Crippen LogP contribution in [0.2, 0.25) is 0 Å². The largest absolute Gasteiger partial charge is 0.294 e. The highest BCUT2D eigenvalue weighted by atomic mass is 16.1. The highest BCUT2D eigenvalue weighted by molar-refractivity contribution is 5.99. The summed E-state index contributed by atoms with van der Waals surface area (Å²) in [4.78, 5) is 11.6. The Morgan fingerprint density at radius 2 is 1.69 bits per heavy atom. The van der Waals surface area contributed by atoms with E-state index in [2.05, 4.69) is 26.8 Å². The van der Waals surface area contributed by atoms with E-state index in [0.29, 0.717) is 12.2 Å². The molecule has 0 spiro atoms.